The molecule has 0 amide bonds. The maximum Gasteiger partial charge on any atom is 0.336 e. The Morgan fingerprint density at radius 3 is 2.11 bits per heavy atom. The number of rotatable bonds is 10. The number of carbonyl (C=O) groups is 4. The largest absolute Gasteiger partial charge is 0.481 e. The summed E-state index contributed by atoms with van der Waals surface area (Å²) in [5.41, 5.74) is -1.76. The van der Waals surface area contributed by atoms with Gasteiger partial charge < -0.3 is 25.7 Å². The lowest BCUT2D eigenvalue weighted by Crippen LogP contribution is -2.57. The van der Waals surface area contributed by atoms with E-state index in [0.29, 0.717) is 0 Å². The van der Waals surface area contributed by atoms with Gasteiger partial charge in [-0.1, -0.05) is 6.07 Å². The molecular formula is C17H22N2O8. The minimum atomic E-state index is -1.90. The number of carboxylic acids is 4. The molecular weight excluding hydrogens is 360 g/mol. The smallest absolute Gasteiger partial charge is 0.336 e. The van der Waals surface area contributed by atoms with Crippen molar-refractivity contribution in [2.75, 3.05) is 11.9 Å². The van der Waals surface area contributed by atoms with E-state index in [-0.39, 0.29) is 16.8 Å². The molecule has 3 atom stereocenters. The summed E-state index contributed by atoms with van der Waals surface area (Å²) in [6.07, 6.45) is 0. The highest BCUT2D eigenvalue weighted by molar-refractivity contribution is 5.92. The lowest BCUT2D eigenvalue weighted by atomic mass is 9.85. The van der Waals surface area contributed by atoms with E-state index in [2.05, 4.69) is 10.6 Å². The minimum Gasteiger partial charge on any atom is -0.481 e. The molecule has 0 aromatic heterocycles. The van der Waals surface area contributed by atoms with Crippen molar-refractivity contribution in [1.82, 2.24) is 5.32 Å². The zero-order valence-electron chi connectivity index (χ0n) is 15.0. The van der Waals surface area contributed by atoms with Crippen molar-refractivity contribution in [2.45, 2.75) is 32.4 Å². The summed E-state index contributed by atoms with van der Waals surface area (Å²) in [6, 6.07) is 3.25. The molecule has 0 aliphatic rings. The summed E-state index contributed by atoms with van der Waals surface area (Å²) in [5, 5.41) is 42.3. The first kappa shape index (κ1) is 21.9. The first-order valence-corrected chi connectivity index (χ1v) is 7.97. The molecule has 1 aromatic rings. The van der Waals surface area contributed by atoms with Gasteiger partial charge >= 0.3 is 23.9 Å². The molecule has 1 rings (SSSR count). The third kappa shape index (κ3) is 4.94. The monoisotopic (exact) mass is 382 g/mol. The Kier molecular flexibility index (Phi) is 6.89. The number of aliphatic carboxylic acids is 3. The van der Waals surface area contributed by atoms with E-state index in [4.69, 9.17) is 5.11 Å². The van der Waals surface area contributed by atoms with Gasteiger partial charge in [0, 0.05) is 17.3 Å². The molecule has 3 unspecified atom stereocenters. The Labute approximate surface area is 154 Å². The van der Waals surface area contributed by atoms with E-state index < -0.39 is 47.9 Å². The SMILES string of the molecule is CC(NC(C)(C(=O)O)C(C)C(=O)O)c1c(NCC(=O)O)cccc1C(=O)O. The number of benzene rings is 1. The van der Waals surface area contributed by atoms with Crippen molar-refractivity contribution in [1.29, 1.82) is 0 Å². The van der Waals surface area contributed by atoms with Crippen LogP contribution in [0.15, 0.2) is 18.2 Å². The minimum absolute atomic E-state index is 0.122. The maximum absolute atomic E-state index is 11.7. The molecule has 6 N–H and O–H groups in total. The van der Waals surface area contributed by atoms with E-state index in [1.165, 1.54) is 39.0 Å². The highest BCUT2D eigenvalue weighted by Gasteiger charge is 2.44. The normalized spacial score (nSPS) is 15.2. The third-order valence-corrected chi connectivity index (χ3v) is 4.40. The van der Waals surface area contributed by atoms with Crippen LogP contribution in [0.2, 0.25) is 0 Å². The van der Waals surface area contributed by atoms with Crippen LogP contribution in [0.5, 0.6) is 0 Å². The molecule has 0 saturated carbocycles. The molecule has 0 aliphatic carbocycles. The molecule has 10 nitrogen and oxygen atoms in total. The standard InChI is InChI=1S/C17H22N2O8/c1-8(14(22)23)17(3,16(26)27)19-9(2)13-10(15(24)25)5-4-6-11(13)18-7-12(20)21/h4-6,8-9,18-19H,7H2,1-3H3,(H,20,21)(H,22,23)(H,24,25)(H,26,27). The van der Waals surface area contributed by atoms with Gasteiger partial charge in [-0.25, -0.2) is 4.79 Å². The van der Waals surface area contributed by atoms with E-state index in [1.54, 1.807) is 0 Å². The summed E-state index contributed by atoms with van der Waals surface area (Å²) < 4.78 is 0. The molecule has 0 bridgehead atoms. The van der Waals surface area contributed by atoms with Gasteiger partial charge in [0.25, 0.3) is 0 Å². The summed E-state index contributed by atoms with van der Waals surface area (Å²) >= 11 is 0. The fourth-order valence-electron chi connectivity index (χ4n) is 2.68. The van der Waals surface area contributed by atoms with Crippen molar-refractivity contribution >= 4 is 29.6 Å². The average Bonchev–Trinajstić information content (AvgIpc) is 2.58. The van der Waals surface area contributed by atoms with Gasteiger partial charge in [0.05, 0.1) is 11.5 Å². The Bertz CT molecular complexity index is 763. The van der Waals surface area contributed by atoms with Crippen LogP contribution in [-0.2, 0) is 14.4 Å². The number of carboxylic acid groups (broad SMARTS) is 4. The summed E-state index contributed by atoms with van der Waals surface area (Å²) in [4.78, 5) is 45.4. The molecule has 0 fully saturated rings. The van der Waals surface area contributed by atoms with Gasteiger partial charge in [-0.05, 0) is 32.9 Å². The van der Waals surface area contributed by atoms with Crippen LogP contribution < -0.4 is 10.6 Å². The molecule has 0 spiro atoms. The Hall–Kier alpha value is -3.14. The zero-order valence-corrected chi connectivity index (χ0v) is 15.0. The van der Waals surface area contributed by atoms with Crippen molar-refractivity contribution in [3.8, 4) is 0 Å². The van der Waals surface area contributed by atoms with E-state index in [1.807, 2.05) is 0 Å². The number of aromatic carboxylic acids is 1. The number of hydrogen-bond donors (Lipinski definition) is 6. The fourth-order valence-corrected chi connectivity index (χ4v) is 2.68. The van der Waals surface area contributed by atoms with Gasteiger partial charge in [0.15, 0.2) is 0 Å². The van der Waals surface area contributed by atoms with E-state index >= 15 is 0 Å². The second-order valence-electron chi connectivity index (χ2n) is 6.25. The van der Waals surface area contributed by atoms with Crippen molar-refractivity contribution in [3.05, 3.63) is 29.3 Å². The topological polar surface area (TPSA) is 173 Å². The van der Waals surface area contributed by atoms with Gasteiger partial charge in [-0.2, -0.15) is 0 Å². The van der Waals surface area contributed by atoms with Gasteiger partial charge in [-0.15, -0.1) is 0 Å². The average molecular weight is 382 g/mol. The first-order chi connectivity index (χ1) is 12.4. The predicted molar refractivity (Wildman–Crippen MR) is 93.9 cm³/mol. The van der Waals surface area contributed by atoms with Crippen molar-refractivity contribution in [2.24, 2.45) is 5.92 Å². The van der Waals surface area contributed by atoms with Crippen LogP contribution in [0.1, 0.15) is 42.7 Å². The van der Waals surface area contributed by atoms with Crippen LogP contribution in [0.3, 0.4) is 0 Å². The van der Waals surface area contributed by atoms with Gasteiger partial charge in [0.1, 0.15) is 12.1 Å². The van der Waals surface area contributed by atoms with Crippen molar-refractivity contribution in [3.63, 3.8) is 0 Å². The maximum atomic E-state index is 11.7. The van der Waals surface area contributed by atoms with E-state index in [9.17, 15) is 34.5 Å². The Morgan fingerprint density at radius 1 is 1.07 bits per heavy atom. The number of nitrogens with one attached hydrogen (secondary N) is 2. The Balaban J connectivity index is 3.40. The van der Waals surface area contributed by atoms with Gasteiger partial charge in [-0.3, -0.25) is 19.7 Å². The summed E-state index contributed by atoms with van der Waals surface area (Å²) in [7, 11) is 0. The lowest BCUT2D eigenvalue weighted by Gasteiger charge is -2.34. The molecule has 0 heterocycles. The predicted octanol–water partition coefficient (Wildman–Crippen LogP) is 1.10. The molecule has 0 radical (unpaired) electrons. The second kappa shape index (κ2) is 8.49. The van der Waals surface area contributed by atoms with Crippen LogP contribution >= 0.6 is 0 Å². The quantitative estimate of drug-likeness (QED) is 0.344. The summed E-state index contributed by atoms with van der Waals surface area (Å²) in [5.74, 6) is -6.55. The molecule has 0 aliphatic heterocycles. The molecule has 148 valence electrons. The van der Waals surface area contributed by atoms with Crippen LogP contribution in [-0.4, -0.2) is 56.4 Å². The summed E-state index contributed by atoms with van der Waals surface area (Å²) in [6.45, 7) is 3.41. The fraction of sp³-hybridized carbons (Fsp3) is 0.412. The third-order valence-electron chi connectivity index (χ3n) is 4.40. The zero-order chi connectivity index (χ0) is 20.9. The molecule has 1 aromatic carbocycles. The van der Waals surface area contributed by atoms with Crippen LogP contribution in [0.25, 0.3) is 0 Å². The van der Waals surface area contributed by atoms with Crippen LogP contribution in [0, 0.1) is 5.92 Å². The number of anilines is 1. The number of hydrogen-bond acceptors (Lipinski definition) is 6. The van der Waals surface area contributed by atoms with E-state index in [0.717, 1.165) is 0 Å². The van der Waals surface area contributed by atoms with Crippen LogP contribution in [0.4, 0.5) is 5.69 Å². The van der Waals surface area contributed by atoms with Gasteiger partial charge in [0.2, 0.25) is 0 Å². The molecule has 27 heavy (non-hydrogen) atoms. The highest BCUT2D eigenvalue weighted by Crippen LogP contribution is 2.30. The highest BCUT2D eigenvalue weighted by atomic mass is 16.4. The molecule has 10 heteroatoms. The molecule has 0 saturated heterocycles. The Morgan fingerprint density at radius 2 is 1.67 bits per heavy atom. The van der Waals surface area contributed by atoms with Crippen molar-refractivity contribution < 1.29 is 39.6 Å². The second-order valence-corrected chi connectivity index (χ2v) is 6.25. The first-order valence-electron chi connectivity index (χ1n) is 7.97. The lowest BCUT2D eigenvalue weighted by molar-refractivity contribution is -0.156.